The summed E-state index contributed by atoms with van der Waals surface area (Å²) >= 11 is 0. The van der Waals surface area contributed by atoms with Crippen molar-refractivity contribution in [3.05, 3.63) is 12.1 Å². The molecule has 0 fully saturated rings. The molecule has 0 aliphatic rings. The minimum Gasteiger partial charge on any atom is -0.493 e. The number of benzene rings is 1. The van der Waals surface area contributed by atoms with E-state index in [1.54, 1.807) is 12.1 Å². The predicted molar refractivity (Wildman–Crippen MR) is 73.4 cm³/mol. The highest BCUT2D eigenvalue weighted by molar-refractivity contribution is 5.94. The van der Waals surface area contributed by atoms with Crippen LogP contribution in [0.1, 0.15) is 6.92 Å². The summed E-state index contributed by atoms with van der Waals surface area (Å²) in [5.41, 5.74) is 0.481. The van der Waals surface area contributed by atoms with Gasteiger partial charge in [0.05, 0.1) is 27.9 Å². The van der Waals surface area contributed by atoms with Crippen molar-refractivity contribution in [2.75, 3.05) is 33.2 Å². The van der Waals surface area contributed by atoms with Crippen LogP contribution in [0, 0.1) is 0 Å². The van der Waals surface area contributed by atoms with Crippen molar-refractivity contribution in [2.24, 2.45) is 0 Å². The lowest BCUT2D eigenvalue weighted by molar-refractivity contribution is -0.122. The standard InChI is InChI=1S/C13H18N2O5/c1-8(16)14-7-12(17)15-9-5-10(18-2)13(20-4)11(6-9)19-3/h5-6H,7H2,1-4H3,(H,14,16)(H,15,17). The average Bonchev–Trinajstić information content (AvgIpc) is 2.43. The predicted octanol–water partition coefficient (Wildman–Crippen LogP) is 0.787. The van der Waals surface area contributed by atoms with Crippen molar-refractivity contribution in [1.82, 2.24) is 5.32 Å². The molecule has 0 unspecified atom stereocenters. The number of nitrogens with one attached hydrogen (secondary N) is 2. The highest BCUT2D eigenvalue weighted by atomic mass is 16.5. The van der Waals surface area contributed by atoms with E-state index in [1.807, 2.05) is 0 Å². The Balaban J connectivity index is 2.90. The molecule has 7 heteroatoms. The van der Waals surface area contributed by atoms with Crippen LogP contribution in [-0.2, 0) is 9.59 Å². The lowest BCUT2D eigenvalue weighted by Gasteiger charge is -2.14. The first-order valence-electron chi connectivity index (χ1n) is 5.86. The molecule has 0 heterocycles. The lowest BCUT2D eigenvalue weighted by atomic mass is 10.2. The van der Waals surface area contributed by atoms with E-state index in [0.717, 1.165) is 0 Å². The van der Waals surface area contributed by atoms with E-state index < -0.39 is 0 Å². The van der Waals surface area contributed by atoms with Crippen LogP contribution in [0.25, 0.3) is 0 Å². The van der Waals surface area contributed by atoms with Crippen molar-refractivity contribution in [3.63, 3.8) is 0 Å². The second-order valence-electron chi connectivity index (χ2n) is 3.87. The van der Waals surface area contributed by atoms with Crippen LogP contribution in [-0.4, -0.2) is 39.7 Å². The van der Waals surface area contributed by atoms with Gasteiger partial charge in [0.25, 0.3) is 0 Å². The normalized spacial score (nSPS) is 9.60. The largest absolute Gasteiger partial charge is 0.493 e. The Kier molecular flexibility index (Phi) is 5.64. The maximum absolute atomic E-state index is 11.6. The third-order valence-electron chi connectivity index (χ3n) is 2.45. The number of hydrogen-bond donors (Lipinski definition) is 2. The highest BCUT2D eigenvalue weighted by Gasteiger charge is 2.14. The number of amides is 2. The van der Waals surface area contributed by atoms with E-state index in [0.29, 0.717) is 22.9 Å². The maximum Gasteiger partial charge on any atom is 0.243 e. The Morgan fingerprint density at radius 2 is 1.60 bits per heavy atom. The van der Waals surface area contributed by atoms with Gasteiger partial charge in [-0.25, -0.2) is 0 Å². The van der Waals surface area contributed by atoms with Gasteiger partial charge in [-0.2, -0.15) is 0 Å². The van der Waals surface area contributed by atoms with Gasteiger partial charge in [0.15, 0.2) is 11.5 Å². The van der Waals surface area contributed by atoms with E-state index in [2.05, 4.69) is 10.6 Å². The third-order valence-corrected chi connectivity index (χ3v) is 2.45. The molecule has 0 atom stereocenters. The molecule has 2 amide bonds. The van der Waals surface area contributed by atoms with Crippen molar-refractivity contribution in [1.29, 1.82) is 0 Å². The molecule has 7 nitrogen and oxygen atoms in total. The van der Waals surface area contributed by atoms with Crippen molar-refractivity contribution in [3.8, 4) is 17.2 Å². The van der Waals surface area contributed by atoms with Crippen LogP contribution in [0.5, 0.6) is 17.2 Å². The zero-order valence-corrected chi connectivity index (χ0v) is 11.9. The Morgan fingerprint density at radius 3 is 2.00 bits per heavy atom. The minimum absolute atomic E-state index is 0.105. The van der Waals surface area contributed by atoms with Gasteiger partial charge >= 0.3 is 0 Å². The second kappa shape index (κ2) is 7.22. The minimum atomic E-state index is -0.352. The summed E-state index contributed by atoms with van der Waals surface area (Å²) in [4.78, 5) is 22.4. The van der Waals surface area contributed by atoms with Crippen LogP contribution >= 0.6 is 0 Å². The molecule has 0 bridgehead atoms. The van der Waals surface area contributed by atoms with Gasteiger partial charge in [-0.3, -0.25) is 9.59 Å². The van der Waals surface area contributed by atoms with E-state index in [-0.39, 0.29) is 18.4 Å². The van der Waals surface area contributed by atoms with Crippen LogP contribution in [0.4, 0.5) is 5.69 Å². The fourth-order valence-electron chi connectivity index (χ4n) is 1.56. The molecular weight excluding hydrogens is 264 g/mol. The molecule has 0 aliphatic heterocycles. The second-order valence-corrected chi connectivity index (χ2v) is 3.87. The first kappa shape index (κ1) is 15.6. The Bertz CT molecular complexity index is 477. The summed E-state index contributed by atoms with van der Waals surface area (Å²) in [6.45, 7) is 1.23. The summed E-state index contributed by atoms with van der Waals surface area (Å²) in [6.07, 6.45) is 0. The van der Waals surface area contributed by atoms with Gasteiger partial charge in [-0.15, -0.1) is 0 Å². The molecule has 20 heavy (non-hydrogen) atoms. The summed E-state index contributed by atoms with van der Waals surface area (Å²) in [5, 5.41) is 5.04. The lowest BCUT2D eigenvalue weighted by Crippen LogP contribution is -2.31. The summed E-state index contributed by atoms with van der Waals surface area (Å²) < 4.78 is 15.5. The quantitative estimate of drug-likeness (QED) is 0.805. The fraction of sp³-hybridized carbons (Fsp3) is 0.385. The maximum atomic E-state index is 11.6. The van der Waals surface area contributed by atoms with E-state index in [4.69, 9.17) is 14.2 Å². The topological polar surface area (TPSA) is 85.9 Å². The number of ether oxygens (including phenoxy) is 3. The molecule has 1 rings (SSSR count). The SMILES string of the molecule is COc1cc(NC(=O)CNC(C)=O)cc(OC)c1OC. The highest BCUT2D eigenvalue weighted by Crippen LogP contribution is 2.39. The molecule has 0 spiro atoms. The van der Waals surface area contributed by atoms with E-state index in [9.17, 15) is 9.59 Å². The van der Waals surface area contributed by atoms with Gasteiger partial charge < -0.3 is 24.8 Å². The number of anilines is 1. The number of rotatable bonds is 6. The van der Waals surface area contributed by atoms with Crippen LogP contribution in [0.2, 0.25) is 0 Å². The van der Waals surface area contributed by atoms with Crippen molar-refractivity contribution < 1.29 is 23.8 Å². The molecule has 1 aromatic rings. The van der Waals surface area contributed by atoms with Gasteiger partial charge in [0, 0.05) is 24.7 Å². The number of methoxy groups -OCH3 is 3. The molecule has 110 valence electrons. The van der Waals surface area contributed by atoms with Crippen molar-refractivity contribution >= 4 is 17.5 Å². The zero-order chi connectivity index (χ0) is 15.1. The van der Waals surface area contributed by atoms with Crippen LogP contribution in [0.15, 0.2) is 12.1 Å². The Labute approximate surface area is 117 Å². The third kappa shape index (κ3) is 4.04. The number of carbonyl (C=O) groups excluding carboxylic acids is 2. The van der Waals surface area contributed by atoms with Gasteiger partial charge in [-0.05, 0) is 0 Å². The van der Waals surface area contributed by atoms with Crippen molar-refractivity contribution in [2.45, 2.75) is 6.92 Å². The molecule has 0 saturated heterocycles. The molecule has 0 radical (unpaired) electrons. The first-order chi connectivity index (χ1) is 9.51. The number of hydrogen-bond acceptors (Lipinski definition) is 5. The smallest absolute Gasteiger partial charge is 0.243 e. The average molecular weight is 282 g/mol. The fourth-order valence-corrected chi connectivity index (χ4v) is 1.56. The monoisotopic (exact) mass is 282 g/mol. The van der Waals surface area contributed by atoms with Crippen LogP contribution in [0.3, 0.4) is 0 Å². The number of carbonyl (C=O) groups is 2. The van der Waals surface area contributed by atoms with E-state index >= 15 is 0 Å². The summed E-state index contributed by atoms with van der Waals surface area (Å²) in [7, 11) is 4.47. The molecule has 2 N–H and O–H groups in total. The summed E-state index contributed by atoms with van der Waals surface area (Å²) in [5.74, 6) is 0.678. The van der Waals surface area contributed by atoms with Gasteiger partial charge in [0.1, 0.15) is 0 Å². The molecule has 1 aromatic carbocycles. The molecule has 0 aromatic heterocycles. The molecule has 0 saturated carbocycles. The van der Waals surface area contributed by atoms with Gasteiger partial charge in [0.2, 0.25) is 17.6 Å². The summed E-state index contributed by atoms with van der Waals surface area (Å²) in [6, 6.07) is 3.21. The first-order valence-corrected chi connectivity index (χ1v) is 5.86. The Morgan fingerprint density at radius 1 is 1.05 bits per heavy atom. The Hall–Kier alpha value is -2.44. The zero-order valence-electron chi connectivity index (χ0n) is 11.9. The van der Waals surface area contributed by atoms with E-state index in [1.165, 1.54) is 28.3 Å². The van der Waals surface area contributed by atoms with Crippen LogP contribution < -0.4 is 24.8 Å². The molecule has 0 aliphatic carbocycles. The van der Waals surface area contributed by atoms with Gasteiger partial charge in [-0.1, -0.05) is 0 Å². The molecular formula is C13H18N2O5.